The lowest BCUT2D eigenvalue weighted by Crippen LogP contribution is -2.47. The third-order valence-corrected chi connectivity index (χ3v) is 4.50. The van der Waals surface area contributed by atoms with Gasteiger partial charge in [0.1, 0.15) is 5.56 Å². The number of rotatable bonds is 7. The molecule has 7 heteroatoms. The summed E-state index contributed by atoms with van der Waals surface area (Å²) in [6.07, 6.45) is 2.63. The van der Waals surface area contributed by atoms with Crippen LogP contribution in [0, 0.1) is 6.92 Å². The fourth-order valence-electron chi connectivity index (χ4n) is 3.07. The SMILES string of the molecule is CCCNC(=O)CN1CCC(NC(=O)c2c(C)noc2C(C)C)CC1. The van der Waals surface area contributed by atoms with Crippen molar-refractivity contribution in [1.29, 1.82) is 0 Å². The largest absolute Gasteiger partial charge is 0.360 e. The van der Waals surface area contributed by atoms with Crippen LogP contribution in [0.3, 0.4) is 0 Å². The fraction of sp³-hybridized carbons (Fsp3) is 0.722. The zero-order valence-corrected chi connectivity index (χ0v) is 15.7. The summed E-state index contributed by atoms with van der Waals surface area (Å²) < 4.78 is 5.30. The van der Waals surface area contributed by atoms with Gasteiger partial charge >= 0.3 is 0 Å². The van der Waals surface area contributed by atoms with Gasteiger partial charge in [-0.2, -0.15) is 0 Å². The molecule has 0 spiro atoms. The van der Waals surface area contributed by atoms with E-state index in [0.717, 1.165) is 38.9 Å². The topological polar surface area (TPSA) is 87.5 Å². The van der Waals surface area contributed by atoms with Crippen molar-refractivity contribution in [3.63, 3.8) is 0 Å². The second kappa shape index (κ2) is 8.99. The molecule has 1 fully saturated rings. The first kappa shape index (κ1) is 19.4. The molecule has 0 saturated carbocycles. The highest BCUT2D eigenvalue weighted by Gasteiger charge is 2.26. The van der Waals surface area contributed by atoms with E-state index < -0.39 is 0 Å². The quantitative estimate of drug-likeness (QED) is 0.783. The van der Waals surface area contributed by atoms with E-state index >= 15 is 0 Å². The first-order chi connectivity index (χ1) is 11.9. The van der Waals surface area contributed by atoms with Gasteiger partial charge in [-0.05, 0) is 26.2 Å². The average molecular weight is 350 g/mol. The van der Waals surface area contributed by atoms with Gasteiger partial charge in [-0.25, -0.2) is 0 Å². The van der Waals surface area contributed by atoms with Gasteiger partial charge in [-0.15, -0.1) is 0 Å². The number of nitrogens with one attached hydrogen (secondary N) is 2. The summed E-state index contributed by atoms with van der Waals surface area (Å²) in [5.74, 6) is 0.720. The lowest BCUT2D eigenvalue weighted by Gasteiger charge is -2.31. The van der Waals surface area contributed by atoms with E-state index in [1.807, 2.05) is 20.8 Å². The first-order valence-electron chi connectivity index (χ1n) is 9.18. The molecule has 0 atom stereocenters. The summed E-state index contributed by atoms with van der Waals surface area (Å²) in [5, 5.41) is 9.93. The highest BCUT2D eigenvalue weighted by molar-refractivity contribution is 5.96. The van der Waals surface area contributed by atoms with Crippen LogP contribution in [0.2, 0.25) is 0 Å². The number of aryl methyl sites for hydroxylation is 1. The van der Waals surface area contributed by atoms with Crippen molar-refractivity contribution in [3.8, 4) is 0 Å². The molecule has 25 heavy (non-hydrogen) atoms. The van der Waals surface area contributed by atoms with Gasteiger partial charge < -0.3 is 15.2 Å². The monoisotopic (exact) mass is 350 g/mol. The van der Waals surface area contributed by atoms with Crippen LogP contribution >= 0.6 is 0 Å². The number of aromatic nitrogens is 1. The minimum absolute atomic E-state index is 0.0750. The van der Waals surface area contributed by atoms with Crippen LogP contribution in [-0.2, 0) is 4.79 Å². The molecule has 1 saturated heterocycles. The number of carbonyl (C=O) groups excluding carboxylic acids is 2. The smallest absolute Gasteiger partial charge is 0.257 e. The van der Waals surface area contributed by atoms with Crippen molar-refractivity contribution >= 4 is 11.8 Å². The second-order valence-electron chi connectivity index (χ2n) is 7.04. The molecule has 0 aromatic carbocycles. The van der Waals surface area contributed by atoms with Gasteiger partial charge in [0.05, 0.1) is 12.2 Å². The minimum Gasteiger partial charge on any atom is -0.360 e. The third kappa shape index (κ3) is 5.29. The number of likely N-dealkylation sites (tertiary alicyclic amines) is 1. The third-order valence-electron chi connectivity index (χ3n) is 4.50. The van der Waals surface area contributed by atoms with Crippen LogP contribution < -0.4 is 10.6 Å². The van der Waals surface area contributed by atoms with Crippen molar-refractivity contribution in [1.82, 2.24) is 20.7 Å². The molecule has 1 aromatic rings. The highest BCUT2D eigenvalue weighted by Crippen LogP contribution is 2.22. The van der Waals surface area contributed by atoms with E-state index in [2.05, 4.69) is 20.7 Å². The van der Waals surface area contributed by atoms with E-state index in [1.54, 1.807) is 6.92 Å². The molecule has 140 valence electrons. The van der Waals surface area contributed by atoms with Crippen LogP contribution in [-0.4, -0.2) is 54.1 Å². The summed E-state index contributed by atoms with van der Waals surface area (Å²) in [4.78, 5) is 26.5. The van der Waals surface area contributed by atoms with Crippen molar-refractivity contribution in [2.24, 2.45) is 0 Å². The standard InChI is InChI=1S/C18H30N4O3/c1-5-8-19-15(23)11-22-9-6-14(7-10-22)20-18(24)16-13(4)21-25-17(16)12(2)3/h12,14H,5-11H2,1-4H3,(H,19,23)(H,20,24). The predicted molar refractivity (Wildman–Crippen MR) is 95.6 cm³/mol. The molecule has 0 unspecified atom stereocenters. The van der Waals surface area contributed by atoms with Gasteiger partial charge in [0.25, 0.3) is 5.91 Å². The van der Waals surface area contributed by atoms with Crippen LogP contribution in [0.4, 0.5) is 0 Å². The Balaban J connectivity index is 1.83. The maximum Gasteiger partial charge on any atom is 0.257 e. The summed E-state index contributed by atoms with van der Waals surface area (Å²) in [6, 6.07) is 0.122. The molecule has 2 heterocycles. The Kier molecular flexibility index (Phi) is 6.99. The van der Waals surface area contributed by atoms with E-state index in [1.165, 1.54) is 0 Å². The number of carbonyl (C=O) groups is 2. The van der Waals surface area contributed by atoms with E-state index in [-0.39, 0.29) is 23.8 Å². The number of nitrogens with zero attached hydrogens (tertiary/aromatic N) is 2. The van der Waals surface area contributed by atoms with Crippen LogP contribution in [0.25, 0.3) is 0 Å². The highest BCUT2D eigenvalue weighted by atomic mass is 16.5. The van der Waals surface area contributed by atoms with Crippen molar-refractivity contribution in [3.05, 3.63) is 17.0 Å². The Morgan fingerprint density at radius 3 is 2.60 bits per heavy atom. The van der Waals surface area contributed by atoms with Gasteiger partial charge in [-0.1, -0.05) is 25.9 Å². The zero-order chi connectivity index (χ0) is 18.4. The molecule has 1 aliphatic heterocycles. The molecule has 2 rings (SSSR count). The van der Waals surface area contributed by atoms with Gasteiger partial charge in [0.15, 0.2) is 5.76 Å². The van der Waals surface area contributed by atoms with Gasteiger partial charge in [-0.3, -0.25) is 14.5 Å². The summed E-state index contributed by atoms with van der Waals surface area (Å²) in [5.41, 5.74) is 1.20. The molecule has 7 nitrogen and oxygen atoms in total. The first-order valence-corrected chi connectivity index (χ1v) is 9.18. The maximum atomic E-state index is 12.6. The molecule has 2 N–H and O–H groups in total. The predicted octanol–water partition coefficient (Wildman–Crippen LogP) is 1.83. The summed E-state index contributed by atoms with van der Waals surface area (Å²) in [7, 11) is 0. The van der Waals surface area contributed by atoms with Gasteiger partial charge in [0, 0.05) is 31.6 Å². The Morgan fingerprint density at radius 2 is 2.00 bits per heavy atom. The Bertz CT molecular complexity index is 589. The number of hydrogen-bond acceptors (Lipinski definition) is 5. The minimum atomic E-state index is -0.110. The Hall–Kier alpha value is -1.89. The van der Waals surface area contributed by atoms with E-state index in [9.17, 15) is 9.59 Å². The molecular weight excluding hydrogens is 320 g/mol. The zero-order valence-electron chi connectivity index (χ0n) is 15.7. The molecule has 1 aliphatic rings. The number of piperidine rings is 1. The molecule has 1 aromatic heterocycles. The molecule has 0 bridgehead atoms. The molecule has 0 radical (unpaired) electrons. The van der Waals surface area contributed by atoms with Crippen molar-refractivity contribution in [2.45, 2.75) is 58.9 Å². The number of amides is 2. The van der Waals surface area contributed by atoms with Crippen LogP contribution in [0.1, 0.15) is 67.8 Å². The summed E-state index contributed by atoms with van der Waals surface area (Å²) in [6.45, 7) is 10.6. The number of hydrogen-bond donors (Lipinski definition) is 2. The normalized spacial score (nSPS) is 16.2. The lowest BCUT2D eigenvalue weighted by atomic mass is 10.0. The van der Waals surface area contributed by atoms with Crippen molar-refractivity contribution < 1.29 is 14.1 Å². The molecule has 0 aliphatic carbocycles. The van der Waals surface area contributed by atoms with Crippen LogP contribution in [0.15, 0.2) is 4.52 Å². The lowest BCUT2D eigenvalue weighted by molar-refractivity contribution is -0.122. The Morgan fingerprint density at radius 1 is 1.32 bits per heavy atom. The van der Waals surface area contributed by atoms with Crippen LogP contribution in [0.5, 0.6) is 0 Å². The van der Waals surface area contributed by atoms with Crippen molar-refractivity contribution in [2.75, 3.05) is 26.2 Å². The maximum absolute atomic E-state index is 12.6. The molecular formula is C18H30N4O3. The molecule has 2 amide bonds. The van der Waals surface area contributed by atoms with Gasteiger partial charge in [0.2, 0.25) is 5.91 Å². The van der Waals surface area contributed by atoms with E-state index in [4.69, 9.17) is 4.52 Å². The summed E-state index contributed by atoms with van der Waals surface area (Å²) >= 11 is 0. The van der Waals surface area contributed by atoms with E-state index in [0.29, 0.717) is 23.6 Å². The second-order valence-corrected chi connectivity index (χ2v) is 7.04. The average Bonchev–Trinajstić information content (AvgIpc) is 2.96. The fourth-order valence-corrected chi connectivity index (χ4v) is 3.07. The Labute approximate surface area is 149 Å².